The maximum atomic E-state index is 10.9. The second kappa shape index (κ2) is 5.26. The molecule has 1 amide bonds. The zero-order valence-electron chi connectivity index (χ0n) is 9.39. The molecular weight excluding hydrogens is 343 g/mol. The van der Waals surface area contributed by atoms with Gasteiger partial charge >= 0.3 is 0 Å². The molecule has 2 rings (SSSR count). The Morgan fingerprint density at radius 2 is 1.78 bits per heavy atom. The van der Waals surface area contributed by atoms with Crippen LogP contribution in [-0.4, -0.2) is 5.91 Å². The fourth-order valence-electron chi connectivity index (χ4n) is 1.43. The minimum Gasteiger partial charge on any atom is -0.455 e. The molecule has 18 heavy (non-hydrogen) atoms. The number of halogens is 1. The lowest BCUT2D eigenvalue weighted by Crippen LogP contribution is -2.10. The number of hydrogen-bond donors (Lipinski definition) is 2. The highest BCUT2D eigenvalue weighted by Gasteiger charge is 2.04. The third-order valence-corrected chi connectivity index (χ3v) is 3.01. The Labute approximate surface area is 118 Å². The van der Waals surface area contributed by atoms with Gasteiger partial charge in [-0.3, -0.25) is 4.79 Å². The summed E-state index contributed by atoms with van der Waals surface area (Å²) in [5.41, 5.74) is 12.0. The van der Waals surface area contributed by atoms with E-state index in [9.17, 15) is 4.79 Å². The van der Waals surface area contributed by atoms with Crippen molar-refractivity contribution in [1.82, 2.24) is 0 Å². The van der Waals surface area contributed by atoms with Crippen LogP contribution in [0.2, 0.25) is 0 Å². The SMILES string of the molecule is NC(=O)c1ccc(Oc2ccc(I)cc2N)cc1. The Kier molecular flexibility index (Phi) is 3.71. The molecule has 4 nitrogen and oxygen atoms in total. The van der Waals surface area contributed by atoms with Crippen LogP contribution < -0.4 is 16.2 Å². The second-order valence-electron chi connectivity index (χ2n) is 3.67. The lowest BCUT2D eigenvalue weighted by molar-refractivity contribution is 0.100. The molecule has 0 bridgehead atoms. The third-order valence-electron chi connectivity index (χ3n) is 2.34. The van der Waals surface area contributed by atoms with E-state index < -0.39 is 5.91 Å². The van der Waals surface area contributed by atoms with Crippen LogP contribution in [0, 0.1) is 3.57 Å². The van der Waals surface area contributed by atoms with E-state index in [4.69, 9.17) is 16.2 Å². The highest BCUT2D eigenvalue weighted by atomic mass is 127. The van der Waals surface area contributed by atoms with E-state index >= 15 is 0 Å². The third kappa shape index (κ3) is 2.92. The van der Waals surface area contributed by atoms with Crippen LogP contribution in [-0.2, 0) is 0 Å². The summed E-state index contributed by atoms with van der Waals surface area (Å²) in [4.78, 5) is 10.9. The van der Waals surface area contributed by atoms with Gasteiger partial charge in [0.15, 0.2) is 0 Å². The van der Waals surface area contributed by atoms with E-state index in [0.717, 1.165) is 3.57 Å². The largest absolute Gasteiger partial charge is 0.455 e. The number of carbonyl (C=O) groups is 1. The van der Waals surface area contributed by atoms with E-state index in [1.807, 2.05) is 12.1 Å². The van der Waals surface area contributed by atoms with Crippen molar-refractivity contribution < 1.29 is 9.53 Å². The molecule has 0 aliphatic rings. The van der Waals surface area contributed by atoms with Crippen LogP contribution >= 0.6 is 22.6 Å². The fraction of sp³-hybridized carbons (Fsp3) is 0. The van der Waals surface area contributed by atoms with Gasteiger partial charge in [0.05, 0.1) is 5.69 Å². The molecule has 2 aromatic carbocycles. The normalized spacial score (nSPS) is 10.1. The van der Waals surface area contributed by atoms with Crippen LogP contribution in [0.4, 0.5) is 5.69 Å². The maximum Gasteiger partial charge on any atom is 0.248 e. The maximum absolute atomic E-state index is 10.9. The van der Waals surface area contributed by atoms with Gasteiger partial charge in [-0.15, -0.1) is 0 Å². The molecule has 4 N–H and O–H groups in total. The van der Waals surface area contributed by atoms with Crippen molar-refractivity contribution in [1.29, 1.82) is 0 Å². The van der Waals surface area contributed by atoms with Crippen molar-refractivity contribution in [2.24, 2.45) is 5.73 Å². The average molecular weight is 354 g/mol. The van der Waals surface area contributed by atoms with E-state index in [1.165, 1.54) is 0 Å². The van der Waals surface area contributed by atoms with Crippen molar-refractivity contribution in [3.05, 3.63) is 51.6 Å². The van der Waals surface area contributed by atoms with E-state index in [0.29, 0.717) is 22.7 Å². The van der Waals surface area contributed by atoms with Crippen LogP contribution in [0.1, 0.15) is 10.4 Å². The number of benzene rings is 2. The number of anilines is 1. The van der Waals surface area contributed by atoms with Crippen molar-refractivity contribution in [2.75, 3.05) is 5.73 Å². The van der Waals surface area contributed by atoms with Crippen molar-refractivity contribution >= 4 is 34.2 Å². The minimum absolute atomic E-state index is 0.443. The minimum atomic E-state index is -0.463. The van der Waals surface area contributed by atoms with Crippen molar-refractivity contribution in [3.63, 3.8) is 0 Å². The topological polar surface area (TPSA) is 78.3 Å². The average Bonchev–Trinajstić information content (AvgIpc) is 2.33. The Bertz CT molecular complexity index is 582. The van der Waals surface area contributed by atoms with Crippen molar-refractivity contribution in [3.8, 4) is 11.5 Å². The van der Waals surface area contributed by atoms with E-state index in [-0.39, 0.29) is 0 Å². The Hall–Kier alpha value is -1.76. The van der Waals surface area contributed by atoms with Gasteiger partial charge in [-0.25, -0.2) is 0 Å². The molecule has 0 fully saturated rings. The van der Waals surface area contributed by atoms with Crippen LogP contribution in [0.25, 0.3) is 0 Å². The summed E-state index contributed by atoms with van der Waals surface area (Å²) >= 11 is 2.18. The summed E-state index contributed by atoms with van der Waals surface area (Å²) in [6.07, 6.45) is 0. The molecule has 0 aliphatic heterocycles. The lowest BCUT2D eigenvalue weighted by Gasteiger charge is -2.08. The molecule has 0 heterocycles. The standard InChI is InChI=1S/C13H11IN2O2/c14-9-3-6-12(11(15)7-9)18-10-4-1-8(2-5-10)13(16)17/h1-7H,15H2,(H2,16,17). The molecule has 0 saturated heterocycles. The molecule has 0 aromatic heterocycles. The number of nitrogen functional groups attached to an aromatic ring is 1. The predicted molar refractivity (Wildman–Crippen MR) is 78.6 cm³/mol. The number of hydrogen-bond acceptors (Lipinski definition) is 3. The van der Waals surface area contributed by atoms with Gasteiger partial charge in [0.1, 0.15) is 11.5 Å². The van der Waals surface area contributed by atoms with Gasteiger partial charge in [-0.05, 0) is 65.1 Å². The number of primary amides is 1. The number of carbonyl (C=O) groups excluding carboxylic acids is 1. The first-order valence-corrected chi connectivity index (χ1v) is 6.27. The summed E-state index contributed by atoms with van der Waals surface area (Å²) in [5, 5.41) is 0. The summed E-state index contributed by atoms with van der Waals surface area (Å²) in [6, 6.07) is 12.1. The van der Waals surface area contributed by atoms with E-state index in [2.05, 4.69) is 22.6 Å². The van der Waals surface area contributed by atoms with Crippen LogP contribution in [0.5, 0.6) is 11.5 Å². The first-order chi connectivity index (χ1) is 8.56. The fourth-order valence-corrected chi connectivity index (χ4v) is 1.94. The molecule has 92 valence electrons. The van der Waals surface area contributed by atoms with Gasteiger partial charge in [-0.1, -0.05) is 0 Å². The van der Waals surface area contributed by atoms with Gasteiger partial charge in [-0.2, -0.15) is 0 Å². The molecule has 0 spiro atoms. The summed E-state index contributed by atoms with van der Waals surface area (Å²) < 4.78 is 6.66. The second-order valence-corrected chi connectivity index (χ2v) is 4.92. The zero-order chi connectivity index (χ0) is 13.1. The predicted octanol–water partition coefficient (Wildman–Crippen LogP) is 2.76. The molecule has 0 unspecified atom stereocenters. The van der Waals surface area contributed by atoms with E-state index in [1.54, 1.807) is 30.3 Å². The number of rotatable bonds is 3. The Balaban J connectivity index is 2.21. The van der Waals surface area contributed by atoms with Gasteiger partial charge in [0.2, 0.25) is 5.91 Å². The monoisotopic (exact) mass is 354 g/mol. The highest BCUT2D eigenvalue weighted by molar-refractivity contribution is 14.1. The molecule has 0 saturated carbocycles. The molecule has 0 radical (unpaired) electrons. The van der Waals surface area contributed by atoms with Crippen molar-refractivity contribution in [2.45, 2.75) is 0 Å². The van der Waals surface area contributed by atoms with Gasteiger partial charge in [0, 0.05) is 9.13 Å². The Morgan fingerprint density at radius 1 is 1.11 bits per heavy atom. The highest BCUT2D eigenvalue weighted by Crippen LogP contribution is 2.28. The number of nitrogens with two attached hydrogens (primary N) is 2. The first-order valence-electron chi connectivity index (χ1n) is 5.19. The molecular formula is C13H11IN2O2. The lowest BCUT2D eigenvalue weighted by atomic mass is 10.2. The summed E-state index contributed by atoms with van der Waals surface area (Å²) in [6.45, 7) is 0. The molecule has 0 aliphatic carbocycles. The van der Waals surface area contributed by atoms with Crippen LogP contribution in [0.3, 0.4) is 0 Å². The number of amides is 1. The van der Waals surface area contributed by atoms with Crippen LogP contribution in [0.15, 0.2) is 42.5 Å². The summed E-state index contributed by atoms with van der Waals surface area (Å²) in [7, 11) is 0. The quantitative estimate of drug-likeness (QED) is 0.657. The molecule has 5 heteroatoms. The molecule has 2 aromatic rings. The molecule has 0 atom stereocenters. The smallest absolute Gasteiger partial charge is 0.248 e. The summed E-state index contributed by atoms with van der Waals surface area (Å²) in [5.74, 6) is 0.727. The Morgan fingerprint density at radius 3 is 2.33 bits per heavy atom. The zero-order valence-corrected chi connectivity index (χ0v) is 11.5. The first kappa shape index (κ1) is 12.7. The number of ether oxygens (including phenoxy) is 1. The van der Waals surface area contributed by atoms with Gasteiger partial charge in [0.25, 0.3) is 0 Å². The van der Waals surface area contributed by atoms with Gasteiger partial charge < -0.3 is 16.2 Å².